The molecule has 11 aromatic rings. The van der Waals surface area contributed by atoms with Crippen LogP contribution in [0.15, 0.2) is 243 Å². The molecule has 2 atom stereocenters. The van der Waals surface area contributed by atoms with E-state index in [1.165, 1.54) is 94.6 Å². The Labute approximate surface area is 444 Å². The van der Waals surface area contributed by atoms with E-state index in [0.29, 0.717) is 5.56 Å². The summed E-state index contributed by atoms with van der Waals surface area (Å²) >= 11 is 0. The Bertz CT molecular complexity index is 4210. The molecular formula is C73H51N3. The van der Waals surface area contributed by atoms with Gasteiger partial charge in [-0.3, -0.25) is 0 Å². The molecule has 1 heterocycles. The SMILES string of the molecule is CC1(C)c2ccccc2C2(c3ccccc3-c3c(CC4(C)c5ccccc5C5(c6ccccc6-c6ccccc65)c5cc(-c6ccc(-c7ccccc7)nn6)ccc54)cccc32)c2ccc(-c3ccc(C#N)cc3)cc21. The standard InChI is InChI=1S/C73H51N3/c1-70(2)58-27-13-15-29-61(58)73(63-39-36-49(42-65(63)70)47-34-32-46(45-74)33-35-47)57-26-12-9-23-54(57)69-51(20-17-31-64(69)73)44-71(3)59-28-14-16-30-62(59)72(55-24-10-7-21-52(55)53-22-8-11-25-56(53)72)66-43-50(37-38-60(66)71)68-41-40-67(75-76-68)48-18-5-4-6-19-48/h4-43H,44H2,1-3H3. The van der Waals surface area contributed by atoms with E-state index in [4.69, 9.17) is 10.2 Å². The van der Waals surface area contributed by atoms with Gasteiger partial charge in [-0.15, -0.1) is 10.2 Å². The molecule has 3 nitrogen and oxygen atoms in total. The highest BCUT2D eigenvalue weighted by Gasteiger charge is 2.57. The van der Waals surface area contributed by atoms with Crippen molar-refractivity contribution in [2.24, 2.45) is 0 Å². The van der Waals surface area contributed by atoms with E-state index in [-0.39, 0.29) is 5.41 Å². The van der Waals surface area contributed by atoms with E-state index < -0.39 is 16.2 Å². The fourth-order valence-corrected chi connectivity index (χ4v) is 14.8. The second kappa shape index (κ2) is 16.1. The van der Waals surface area contributed by atoms with Crippen molar-refractivity contribution in [2.75, 3.05) is 0 Å². The molecule has 10 aromatic carbocycles. The second-order valence-corrected chi connectivity index (χ2v) is 22.1. The molecule has 15 rings (SSSR count). The van der Waals surface area contributed by atoms with Gasteiger partial charge in [0.2, 0.25) is 0 Å². The first-order valence-corrected chi connectivity index (χ1v) is 26.6. The quantitative estimate of drug-likeness (QED) is 0.173. The summed E-state index contributed by atoms with van der Waals surface area (Å²) in [6.07, 6.45) is 0.770. The third kappa shape index (κ3) is 5.82. The maximum absolute atomic E-state index is 9.65. The van der Waals surface area contributed by atoms with E-state index in [2.05, 4.69) is 239 Å². The third-order valence-corrected chi connectivity index (χ3v) is 18.1. The highest BCUT2D eigenvalue weighted by Crippen LogP contribution is 2.66. The second-order valence-electron chi connectivity index (χ2n) is 22.1. The number of nitrogens with zero attached hydrogens (tertiary/aromatic N) is 3. The van der Waals surface area contributed by atoms with Crippen molar-refractivity contribution in [3.05, 3.63) is 321 Å². The summed E-state index contributed by atoms with van der Waals surface area (Å²) in [6.45, 7) is 7.29. The number of nitriles is 1. The number of fused-ring (bicyclic) bond motifs is 18. The fourth-order valence-electron chi connectivity index (χ4n) is 14.8. The van der Waals surface area contributed by atoms with Gasteiger partial charge in [-0.2, -0.15) is 5.26 Å². The first-order valence-electron chi connectivity index (χ1n) is 26.6. The molecule has 4 aliphatic rings. The predicted octanol–water partition coefficient (Wildman–Crippen LogP) is 16.6. The van der Waals surface area contributed by atoms with E-state index in [0.717, 1.165) is 40.1 Å². The van der Waals surface area contributed by atoms with E-state index in [1.807, 2.05) is 30.3 Å². The van der Waals surface area contributed by atoms with Crippen LogP contribution in [0.25, 0.3) is 55.9 Å². The van der Waals surface area contributed by atoms with Crippen molar-refractivity contribution >= 4 is 0 Å². The summed E-state index contributed by atoms with van der Waals surface area (Å²) in [7, 11) is 0. The van der Waals surface area contributed by atoms with Crippen LogP contribution in [-0.4, -0.2) is 10.2 Å². The van der Waals surface area contributed by atoms with Crippen LogP contribution in [0.5, 0.6) is 0 Å². The Morgan fingerprint density at radius 1 is 0.342 bits per heavy atom. The minimum atomic E-state index is -0.583. The molecule has 0 saturated heterocycles. The lowest BCUT2D eigenvalue weighted by atomic mass is 9.53. The first-order chi connectivity index (χ1) is 37.3. The molecule has 1 aromatic heterocycles. The van der Waals surface area contributed by atoms with Gasteiger partial charge in [-0.1, -0.05) is 227 Å². The highest BCUT2D eigenvalue weighted by molar-refractivity contribution is 5.92. The van der Waals surface area contributed by atoms with E-state index in [1.54, 1.807) is 0 Å². The summed E-state index contributed by atoms with van der Waals surface area (Å²) in [5.41, 5.74) is 27.2. The molecule has 76 heavy (non-hydrogen) atoms. The first kappa shape index (κ1) is 44.3. The zero-order chi connectivity index (χ0) is 51.0. The highest BCUT2D eigenvalue weighted by atomic mass is 15.1. The van der Waals surface area contributed by atoms with Gasteiger partial charge in [0.15, 0.2) is 0 Å². The molecule has 2 unspecified atom stereocenters. The monoisotopic (exact) mass is 969 g/mol. The lowest BCUT2D eigenvalue weighted by Crippen LogP contribution is -2.43. The number of hydrogen-bond donors (Lipinski definition) is 0. The van der Waals surface area contributed by atoms with E-state index >= 15 is 0 Å². The Morgan fingerprint density at radius 2 is 0.803 bits per heavy atom. The predicted molar refractivity (Wildman–Crippen MR) is 306 cm³/mol. The summed E-state index contributed by atoms with van der Waals surface area (Å²) in [6, 6.07) is 92.3. The van der Waals surface area contributed by atoms with Gasteiger partial charge in [0.25, 0.3) is 0 Å². The molecule has 2 spiro atoms. The Morgan fingerprint density at radius 3 is 1.46 bits per heavy atom. The molecule has 4 aliphatic carbocycles. The van der Waals surface area contributed by atoms with Gasteiger partial charge in [-0.25, -0.2) is 0 Å². The van der Waals surface area contributed by atoms with Gasteiger partial charge in [0, 0.05) is 22.0 Å². The molecular weight excluding hydrogens is 919 g/mol. The molecule has 0 saturated carbocycles. The number of hydrogen-bond acceptors (Lipinski definition) is 3. The van der Waals surface area contributed by atoms with Gasteiger partial charge < -0.3 is 0 Å². The Kier molecular flexibility index (Phi) is 9.40. The Balaban J connectivity index is 0.960. The maximum Gasteiger partial charge on any atom is 0.0991 e. The fraction of sp³-hybridized carbons (Fsp3) is 0.110. The van der Waals surface area contributed by atoms with Crippen LogP contribution >= 0.6 is 0 Å². The summed E-state index contributed by atoms with van der Waals surface area (Å²) in [5.74, 6) is 0. The van der Waals surface area contributed by atoms with Crippen LogP contribution in [0.3, 0.4) is 0 Å². The molecule has 0 aliphatic heterocycles. The van der Waals surface area contributed by atoms with Crippen LogP contribution < -0.4 is 0 Å². The van der Waals surface area contributed by atoms with Gasteiger partial charge in [0.05, 0.1) is 33.9 Å². The van der Waals surface area contributed by atoms with Crippen LogP contribution in [0.2, 0.25) is 0 Å². The smallest absolute Gasteiger partial charge is 0.0991 e. The summed E-state index contributed by atoms with van der Waals surface area (Å²) in [5, 5.41) is 19.4. The maximum atomic E-state index is 9.65. The Hall–Kier alpha value is -9.23. The largest absolute Gasteiger partial charge is 0.192 e. The van der Waals surface area contributed by atoms with Crippen LogP contribution in [0.1, 0.15) is 98.7 Å². The summed E-state index contributed by atoms with van der Waals surface area (Å²) < 4.78 is 0. The topological polar surface area (TPSA) is 49.6 Å². The average molecular weight is 970 g/mol. The summed E-state index contributed by atoms with van der Waals surface area (Å²) in [4.78, 5) is 0. The van der Waals surface area contributed by atoms with Crippen LogP contribution in [0, 0.1) is 11.3 Å². The van der Waals surface area contributed by atoms with Crippen molar-refractivity contribution in [3.63, 3.8) is 0 Å². The average Bonchev–Trinajstić information content (AvgIpc) is 4.02. The number of aromatic nitrogens is 2. The van der Waals surface area contributed by atoms with Crippen molar-refractivity contribution in [1.82, 2.24) is 10.2 Å². The van der Waals surface area contributed by atoms with Crippen molar-refractivity contribution in [3.8, 4) is 62.0 Å². The zero-order valence-corrected chi connectivity index (χ0v) is 42.6. The van der Waals surface area contributed by atoms with E-state index in [9.17, 15) is 5.26 Å². The van der Waals surface area contributed by atoms with Crippen molar-refractivity contribution in [1.29, 1.82) is 5.26 Å². The molecule has 0 radical (unpaired) electrons. The van der Waals surface area contributed by atoms with Crippen LogP contribution in [0.4, 0.5) is 0 Å². The molecule has 358 valence electrons. The van der Waals surface area contributed by atoms with Gasteiger partial charge in [0.1, 0.15) is 0 Å². The molecule has 0 N–H and O–H groups in total. The molecule has 0 bridgehead atoms. The van der Waals surface area contributed by atoms with Gasteiger partial charge in [-0.05, 0) is 149 Å². The zero-order valence-electron chi connectivity index (χ0n) is 42.6. The number of rotatable bonds is 5. The third-order valence-electron chi connectivity index (χ3n) is 18.1. The lowest BCUT2D eigenvalue weighted by molar-refractivity contribution is 0.514. The molecule has 3 heteroatoms. The minimum absolute atomic E-state index is 0.292. The minimum Gasteiger partial charge on any atom is -0.192 e. The van der Waals surface area contributed by atoms with Crippen molar-refractivity contribution in [2.45, 2.75) is 48.9 Å². The van der Waals surface area contributed by atoms with Crippen LogP contribution in [-0.2, 0) is 28.1 Å². The number of benzene rings is 10. The van der Waals surface area contributed by atoms with Gasteiger partial charge >= 0.3 is 0 Å². The molecule has 0 fully saturated rings. The normalized spacial score (nSPS) is 18.0. The lowest BCUT2D eigenvalue weighted by Gasteiger charge is -2.48. The molecule has 0 amide bonds. The van der Waals surface area contributed by atoms with Crippen molar-refractivity contribution < 1.29 is 0 Å².